The second kappa shape index (κ2) is 7.27. The van der Waals surface area contributed by atoms with Gasteiger partial charge in [-0.15, -0.1) is 0 Å². The molecule has 1 aliphatic rings. The van der Waals surface area contributed by atoms with Crippen LogP contribution in [-0.2, 0) is 11.2 Å². The highest BCUT2D eigenvalue weighted by atomic mass is 35.5. The van der Waals surface area contributed by atoms with Crippen molar-refractivity contribution in [1.29, 1.82) is 0 Å². The first-order valence-electron chi connectivity index (χ1n) is 8.01. The van der Waals surface area contributed by atoms with E-state index in [9.17, 15) is 14.0 Å². The Hall–Kier alpha value is -2.34. The molecule has 5 nitrogen and oxygen atoms in total. The molecule has 2 aromatic rings. The normalized spacial score (nSPS) is 14.7. The van der Waals surface area contributed by atoms with Crippen molar-refractivity contribution in [1.82, 2.24) is 9.80 Å². The van der Waals surface area contributed by atoms with E-state index in [4.69, 9.17) is 16.0 Å². The Kier molecular flexibility index (Phi) is 5.08. The second-order valence-corrected chi connectivity index (χ2v) is 6.41. The molecule has 1 aliphatic heterocycles. The van der Waals surface area contributed by atoms with Gasteiger partial charge in [0.1, 0.15) is 11.6 Å². The average molecular weight is 365 g/mol. The lowest BCUT2D eigenvalue weighted by molar-refractivity contribution is -0.132. The molecule has 2 heterocycles. The zero-order valence-electron chi connectivity index (χ0n) is 13.8. The van der Waals surface area contributed by atoms with Crippen molar-refractivity contribution in [2.45, 2.75) is 13.3 Å². The lowest BCUT2D eigenvalue weighted by Crippen LogP contribution is -2.51. The summed E-state index contributed by atoms with van der Waals surface area (Å²) in [7, 11) is 0. The quantitative estimate of drug-likeness (QED) is 0.841. The number of aryl methyl sites for hydroxylation is 1. The molecule has 0 unspecified atom stereocenters. The number of nitrogens with zero attached hydrogens (tertiary/aromatic N) is 2. The third kappa shape index (κ3) is 3.85. The van der Waals surface area contributed by atoms with Gasteiger partial charge in [0.25, 0.3) is 5.91 Å². The van der Waals surface area contributed by atoms with Gasteiger partial charge in [0, 0.05) is 26.2 Å². The van der Waals surface area contributed by atoms with Crippen LogP contribution in [0.1, 0.15) is 21.7 Å². The van der Waals surface area contributed by atoms with Gasteiger partial charge < -0.3 is 14.2 Å². The van der Waals surface area contributed by atoms with Crippen LogP contribution < -0.4 is 0 Å². The van der Waals surface area contributed by atoms with Gasteiger partial charge >= 0.3 is 0 Å². The van der Waals surface area contributed by atoms with Gasteiger partial charge in [0.15, 0.2) is 0 Å². The van der Waals surface area contributed by atoms with Crippen molar-refractivity contribution in [2.75, 3.05) is 26.2 Å². The molecule has 25 heavy (non-hydrogen) atoms. The molecule has 0 atom stereocenters. The van der Waals surface area contributed by atoms with Gasteiger partial charge in [0.05, 0.1) is 23.3 Å². The maximum Gasteiger partial charge on any atom is 0.255 e. The number of amides is 2. The highest BCUT2D eigenvalue weighted by Gasteiger charge is 2.26. The van der Waals surface area contributed by atoms with Crippen molar-refractivity contribution in [3.63, 3.8) is 0 Å². The van der Waals surface area contributed by atoms with E-state index in [0.717, 1.165) is 11.6 Å². The van der Waals surface area contributed by atoms with Gasteiger partial charge in [-0.3, -0.25) is 9.59 Å². The predicted octanol–water partition coefficient (Wildman–Crippen LogP) is 2.91. The molecule has 1 aromatic carbocycles. The summed E-state index contributed by atoms with van der Waals surface area (Å²) in [4.78, 5) is 28.2. The third-order valence-corrected chi connectivity index (χ3v) is 4.67. The molecule has 1 saturated heterocycles. The number of rotatable bonds is 3. The molecule has 1 aromatic heterocycles. The number of hydrogen-bond acceptors (Lipinski definition) is 3. The summed E-state index contributed by atoms with van der Waals surface area (Å²) in [5.41, 5.74) is 1.22. The van der Waals surface area contributed by atoms with E-state index in [1.54, 1.807) is 16.1 Å². The summed E-state index contributed by atoms with van der Waals surface area (Å²) >= 11 is 5.95. The Morgan fingerprint density at radius 1 is 1.16 bits per heavy atom. The van der Waals surface area contributed by atoms with Gasteiger partial charge in [-0.2, -0.15) is 0 Å². The van der Waals surface area contributed by atoms with Crippen LogP contribution in [-0.4, -0.2) is 47.8 Å². The minimum absolute atomic E-state index is 0.0232. The standard InChI is InChI=1S/C18H18ClFN2O3/c1-12-4-9-25-16(12)11-17(23)21-5-7-22(8-6-21)18(24)14-3-2-13(20)10-15(14)19/h2-4,9-10H,5-8,11H2,1H3. The van der Waals surface area contributed by atoms with Crippen LogP contribution in [0.3, 0.4) is 0 Å². The Bertz CT molecular complexity index is 797. The summed E-state index contributed by atoms with van der Waals surface area (Å²) in [6.07, 6.45) is 1.79. The maximum absolute atomic E-state index is 13.1. The van der Waals surface area contributed by atoms with Crippen molar-refractivity contribution >= 4 is 23.4 Å². The first-order chi connectivity index (χ1) is 12.0. The van der Waals surface area contributed by atoms with Gasteiger partial charge in [-0.25, -0.2) is 4.39 Å². The molecule has 0 spiro atoms. The molecule has 0 radical (unpaired) electrons. The van der Waals surface area contributed by atoms with Gasteiger partial charge in [-0.05, 0) is 36.8 Å². The number of carbonyl (C=O) groups is 2. The number of carbonyl (C=O) groups excluding carboxylic acids is 2. The number of benzene rings is 1. The van der Waals surface area contributed by atoms with Crippen LogP contribution in [0.4, 0.5) is 4.39 Å². The molecule has 1 fully saturated rings. The third-order valence-electron chi connectivity index (χ3n) is 4.36. The fraction of sp³-hybridized carbons (Fsp3) is 0.333. The lowest BCUT2D eigenvalue weighted by atomic mass is 10.1. The monoisotopic (exact) mass is 364 g/mol. The SMILES string of the molecule is Cc1ccoc1CC(=O)N1CCN(C(=O)c2ccc(F)cc2Cl)CC1. The highest BCUT2D eigenvalue weighted by Crippen LogP contribution is 2.20. The second-order valence-electron chi connectivity index (χ2n) is 6.00. The summed E-state index contributed by atoms with van der Waals surface area (Å²) in [6, 6.07) is 5.55. The van der Waals surface area contributed by atoms with Crippen molar-refractivity contribution in [2.24, 2.45) is 0 Å². The van der Waals surface area contributed by atoms with Crippen LogP contribution in [0.5, 0.6) is 0 Å². The molecular formula is C18H18ClFN2O3. The molecule has 7 heteroatoms. The topological polar surface area (TPSA) is 53.8 Å². The first-order valence-corrected chi connectivity index (χ1v) is 8.38. The van der Waals surface area contributed by atoms with E-state index in [1.807, 2.05) is 13.0 Å². The number of furan rings is 1. The Labute approximate surface area is 150 Å². The number of piperazine rings is 1. The minimum atomic E-state index is -0.481. The Morgan fingerprint density at radius 3 is 2.44 bits per heavy atom. The fourth-order valence-electron chi connectivity index (χ4n) is 2.83. The van der Waals surface area contributed by atoms with Gasteiger partial charge in [-0.1, -0.05) is 11.6 Å². The van der Waals surface area contributed by atoms with Crippen LogP contribution in [0.15, 0.2) is 34.9 Å². The van der Waals surface area contributed by atoms with E-state index < -0.39 is 5.82 Å². The molecule has 0 aliphatic carbocycles. The largest absolute Gasteiger partial charge is 0.469 e. The van der Waals surface area contributed by atoms with E-state index in [2.05, 4.69) is 0 Å². The first kappa shape index (κ1) is 17.5. The van der Waals surface area contributed by atoms with E-state index in [1.165, 1.54) is 12.1 Å². The van der Waals surface area contributed by atoms with Crippen LogP contribution in [0.2, 0.25) is 5.02 Å². The molecular weight excluding hydrogens is 347 g/mol. The van der Waals surface area contributed by atoms with E-state index >= 15 is 0 Å². The van der Waals surface area contributed by atoms with E-state index in [0.29, 0.717) is 31.9 Å². The predicted molar refractivity (Wildman–Crippen MR) is 91.0 cm³/mol. The van der Waals surface area contributed by atoms with Crippen LogP contribution in [0, 0.1) is 12.7 Å². The summed E-state index contributed by atoms with van der Waals surface area (Å²) < 4.78 is 18.4. The summed E-state index contributed by atoms with van der Waals surface area (Å²) in [5, 5.41) is 0.0943. The number of halogens is 2. The van der Waals surface area contributed by atoms with Crippen LogP contribution >= 0.6 is 11.6 Å². The zero-order chi connectivity index (χ0) is 18.0. The Morgan fingerprint density at radius 2 is 1.84 bits per heavy atom. The maximum atomic E-state index is 13.1. The van der Waals surface area contributed by atoms with Gasteiger partial charge in [0.2, 0.25) is 5.91 Å². The van der Waals surface area contributed by atoms with Crippen molar-refractivity contribution < 1.29 is 18.4 Å². The lowest BCUT2D eigenvalue weighted by Gasteiger charge is -2.35. The fourth-order valence-corrected chi connectivity index (χ4v) is 3.07. The highest BCUT2D eigenvalue weighted by molar-refractivity contribution is 6.33. The molecule has 0 N–H and O–H groups in total. The van der Waals surface area contributed by atoms with Crippen LogP contribution in [0.25, 0.3) is 0 Å². The average Bonchev–Trinajstić information content (AvgIpc) is 2.99. The zero-order valence-corrected chi connectivity index (χ0v) is 14.6. The number of hydrogen-bond donors (Lipinski definition) is 0. The smallest absolute Gasteiger partial charge is 0.255 e. The molecule has 0 saturated carbocycles. The Balaban J connectivity index is 1.59. The van der Waals surface area contributed by atoms with Crippen molar-refractivity contribution in [3.8, 4) is 0 Å². The molecule has 2 amide bonds. The minimum Gasteiger partial charge on any atom is -0.469 e. The van der Waals surface area contributed by atoms with Crippen molar-refractivity contribution in [3.05, 3.63) is 58.3 Å². The molecule has 0 bridgehead atoms. The summed E-state index contributed by atoms with van der Waals surface area (Å²) in [5.74, 6) is -0.0873. The van der Waals surface area contributed by atoms with E-state index in [-0.39, 0.29) is 28.8 Å². The summed E-state index contributed by atoms with van der Waals surface area (Å²) in [6.45, 7) is 3.62. The molecule has 132 valence electrons. The molecule has 3 rings (SSSR count).